The molecule has 1 saturated heterocycles. The molecule has 2 atom stereocenters. The average Bonchev–Trinajstić information content (AvgIpc) is 3.09. The number of methoxy groups -OCH3 is 1. The molecule has 0 aliphatic carbocycles. The van der Waals surface area contributed by atoms with Gasteiger partial charge in [-0.1, -0.05) is 24.3 Å². The molecule has 2 N–H and O–H groups in total. The second-order valence-corrected chi connectivity index (χ2v) is 12.6. The smallest absolute Gasteiger partial charge is 0.239 e. The molecule has 6 rings (SSSR count). The van der Waals surface area contributed by atoms with Crippen LogP contribution in [0.25, 0.3) is 10.9 Å². The number of rotatable bonds is 5. The summed E-state index contributed by atoms with van der Waals surface area (Å²) in [7, 11) is 1.60. The number of nitrogens with zero attached hydrogens (tertiary/aromatic N) is 3. The van der Waals surface area contributed by atoms with Crippen molar-refractivity contribution in [2.75, 3.05) is 38.6 Å². The van der Waals surface area contributed by atoms with E-state index in [9.17, 15) is 14.4 Å². The number of likely N-dealkylation sites (tertiary alicyclic amines) is 1. The third kappa shape index (κ3) is 8.73. The molecule has 11 heteroatoms. The zero-order chi connectivity index (χ0) is 34.3. The molecule has 0 saturated carbocycles. The van der Waals surface area contributed by atoms with Gasteiger partial charge in [-0.15, -0.1) is 0 Å². The topological polar surface area (TPSA) is 122 Å². The maximum absolute atomic E-state index is 13.3. The number of fused-ring (bicyclic) bond motifs is 6. The number of amides is 3. The van der Waals surface area contributed by atoms with Crippen LogP contribution in [0.4, 0.5) is 5.69 Å². The van der Waals surface area contributed by atoms with Crippen molar-refractivity contribution in [1.82, 2.24) is 20.1 Å². The first-order valence-corrected chi connectivity index (χ1v) is 16.8. The Morgan fingerprint density at radius 3 is 2.73 bits per heavy atom. The molecule has 11 nitrogen and oxygen atoms in total. The van der Waals surface area contributed by atoms with Gasteiger partial charge in [0, 0.05) is 50.6 Å². The van der Waals surface area contributed by atoms with Crippen molar-refractivity contribution >= 4 is 34.3 Å². The van der Waals surface area contributed by atoms with Crippen molar-refractivity contribution in [3.05, 3.63) is 89.6 Å². The van der Waals surface area contributed by atoms with Gasteiger partial charge >= 0.3 is 0 Å². The standard InChI is InChI=1S/C38H43N5O6/c1-4-43-23-37(45)41-33-16-17-42(21-30-11-10-28-20-29(39-25(2)44)12-13-32(28)40-30)22-36(33)48-24-27-6-5-7-31(18-27)49-35-19-26(9-15-38(43)46)8-14-34(35)47-3/h5-8,10-14,18-20,33,36H,4,9,15-17,21-24H2,1-3H3,(H,39,44)(H,41,45)/t33-,36-/m0/s1. The van der Waals surface area contributed by atoms with Gasteiger partial charge in [-0.2, -0.15) is 0 Å². The number of aromatic nitrogens is 1. The van der Waals surface area contributed by atoms with Crippen LogP contribution in [-0.4, -0.2) is 77.9 Å². The molecule has 0 spiro atoms. The molecule has 1 fully saturated rings. The number of hydrogen-bond acceptors (Lipinski definition) is 8. The Hall–Kier alpha value is -5.00. The fraction of sp³-hybridized carbons (Fsp3) is 0.368. The number of benzene rings is 3. The van der Waals surface area contributed by atoms with E-state index in [1.165, 1.54) is 6.92 Å². The number of likely N-dealkylation sites (N-methyl/N-ethyl adjacent to an activating group) is 1. The maximum atomic E-state index is 13.3. The van der Waals surface area contributed by atoms with Crippen LogP contribution in [0.2, 0.25) is 0 Å². The van der Waals surface area contributed by atoms with Crippen LogP contribution >= 0.6 is 0 Å². The second-order valence-electron chi connectivity index (χ2n) is 12.6. The summed E-state index contributed by atoms with van der Waals surface area (Å²) in [5.41, 5.74) is 4.38. The second kappa shape index (κ2) is 15.5. The predicted octanol–water partition coefficient (Wildman–Crippen LogP) is 5.06. The fourth-order valence-electron chi connectivity index (χ4n) is 6.42. The molecule has 3 amide bonds. The predicted molar refractivity (Wildman–Crippen MR) is 187 cm³/mol. The molecule has 1 aromatic heterocycles. The molecular weight excluding hydrogens is 622 g/mol. The van der Waals surface area contributed by atoms with Crippen LogP contribution < -0.4 is 20.1 Å². The van der Waals surface area contributed by atoms with E-state index in [0.717, 1.165) is 40.0 Å². The molecule has 256 valence electrons. The van der Waals surface area contributed by atoms with Crippen molar-refractivity contribution in [2.45, 2.75) is 58.4 Å². The lowest BCUT2D eigenvalue weighted by Crippen LogP contribution is -2.56. The first-order valence-electron chi connectivity index (χ1n) is 16.8. The van der Waals surface area contributed by atoms with Crippen LogP contribution in [0.3, 0.4) is 0 Å². The van der Waals surface area contributed by atoms with Crippen molar-refractivity contribution in [2.24, 2.45) is 0 Å². The highest BCUT2D eigenvalue weighted by Gasteiger charge is 2.32. The maximum Gasteiger partial charge on any atom is 0.239 e. The number of aryl methyl sites for hydroxylation is 1. The minimum Gasteiger partial charge on any atom is -0.493 e. The van der Waals surface area contributed by atoms with E-state index in [1.807, 2.05) is 79.7 Å². The zero-order valence-electron chi connectivity index (χ0n) is 28.2. The molecule has 49 heavy (non-hydrogen) atoms. The summed E-state index contributed by atoms with van der Waals surface area (Å²) >= 11 is 0. The highest BCUT2D eigenvalue weighted by Crippen LogP contribution is 2.33. The number of piperidine rings is 1. The van der Waals surface area contributed by atoms with Gasteiger partial charge in [0.1, 0.15) is 5.75 Å². The summed E-state index contributed by atoms with van der Waals surface area (Å²) in [5.74, 6) is 1.42. The van der Waals surface area contributed by atoms with Crippen molar-refractivity contribution in [1.29, 1.82) is 0 Å². The number of carbonyl (C=O) groups is 3. The molecule has 3 aromatic carbocycles. The largest absolute Gasteiger partial charge is 0.493 e. The zero-order valence-corrected chi connectivity index (χ0v) is 28.2. The summed E-state index contributed by atoms with van der Waals surface area (Å²) in [6.07, 6.45) is 1.16. The monoisotopic (exact) mass is 665 g/mol. The van der Waals surface area contributed by atoms with Gasteiger partial charge in [0.25, 0.3) is 0 Å². The average molecular weight is 666 g/mol. The molecule has 2 aliphatic heterocycles. The number of pyridine rings is 1. The van der Waals surface area contributed by atoms with Gasteiger partial charge in [-0.25, -0.2) is 0 Å². The number of nitrogens with one attached hydrogen (secondary N) is 2. The van der Waals surface area contributed by atoms with Crippen LogP contribution in [0.5, 0.6) is 17.2 Å². The molecule has 3 heterocycles. The molecule has 0 unspecified atom stereocenters. The van der Waals surface area contributed by atoms with Crippen molar-refractivity contribution in [3.63, 3.8) is 0 Å². The highest BCUT2D eigenvalue weighted by molar-refractivity contribution is 5.92. The van der Waals surface area contributed by atoms with E-state index < -0.39 is 0 Å². The van der Waals surface area contributed by atoms with Gasteiger partial charge < -0.3 is 29.7 Å². The van der Waals surface area contributed by atoms with Gasteiger partial charge in [0.2, 0.25) is 17.7 Å². The Morgan fingerprint density at radius 1 is 1.04 bits per heavy atom. The van der Waals surface area contributed by atoms with Gasteiger partial charge in [-0.05, 0) is 79.4 Å². The minimum absolute atomic E-state index is 0.00799. The lowest BCUT2D eigenvalue weighted by molar-refractivity contribution is -0.136. The SMILES string of the molecule is CCN1CC(=O)N[C@H]2CCN(Cc3ccc4cc(NC(C)=O)ccc4n3)C[C@@H]2OCc2cccc(c2)Oc2cc(ccc2OC)CCC1=O. The molecule has 0 radical (unpaired) electrons. The number of carbonyl (C=O) groups excluding carboxylic acids is 3. The number of hydrogen-bond donors (Lipinski definition) is 2. The lowest BCUT2D eigenvalue weighted by Gasteiger charge is -2.39. The van der Waals surface area contributed by atoms with E-state index in [-0.39, 0.29) is 42.8 Å². The van der Waals surface area contributed by atoms with E-state index in [2.05, 4.69) is 15.5 Å². The first-order chi connectivity index (χ1) is 23.8. The first kappa shape index (κ1) is 33.9. The minimum atomic E-state index is -0.301. The van der Waals surface area contributed by atoms with E-state index >= 15 is 0 Å². The Balaban J connectivity index is 1.22. The lowest BCUT2D eigenvalue weighted by atomic mass is 10.0. The Labute approximate surface area is 286 Å². The summed E-state index contributed by atoms with van der Waals surface area (Å²) < 4.78 is 18.4. The van der Waals surface area contributed by atoms with Crippen molar-refractivity contribution < 1.29 is 28.6 Å². The normalized spacial score (nSPS) is 19.2. The van der Waals surface area contributed by atoms with E-state index in [0.29, 0.717) is 56.3 Å². The summed E-state index contributed by atoms with van der Waals surface area (Å²) in [4.78, 5) is 46.8. The van der Waals surface area contributed by atoms with Gasteiger partial charge in [-0.3, -0.25) is 24.3 Å². The molecular formula is C38H43N5O6. The van der Waals surface area contributed by atoms with Crippen LogP contribution in [0, 0.1) is 0 Å². The number of ether oxygens (including phenoxy) is 3. The van der Waals surface area contributed by atoms with Gasteiger partial charge in [0.05, 0.1) is 43.6 Å². The summed E-state index contributed by atoms with van der Waals surface area (Å²) in [6, 6.07) is 22.9. The number of anilines is 1. The fourth-order valence-corrected chi connectivity index (χ4v) is 6.42. The summed E-state index contributed by atoms with van der Waals surface area (Å²) in [6.45, 7) is 6.07. The van der Waals surface area contributed by atoms with Crippen molar-refractivity contribution in [3.8, 4) is 17.2 Å². The van der Waals surface area contributed by atoms with E-state index in [4.69, 9.17) is 19.2 Å². The molecule has 2 aliphatic rings. The Bertz CT molecular complexity index is 1830. The Morgan fingerprint density at radius 2 is 1.92 bits per heavy atom. The van der Waals surface area contributed by atoms with Gasteiger partial charge in [0.15, 0.2) is 11.5 Å². The van der Waals surface area contributed by atoms with E-state index in [1.54, 1.807) is 12.0 Å². The highest BCUT2D eigenvalue weighted by atomic mass is 16.5. The third-order valence-corrected chi connectivity index (χ3v) is 8.96. The van der Waals surface area contributed by atoms with Crippen LogP contribution in [0.15, 0.2) is 72.8 Å². The molecule has 4 bridgehead atoms. The quantitative estimate of drug-likeness (QED) is 0.303. The Kier molecular flexibility index (Phi) is 10.7. The van der Waals surface area contributed by atoms with Crippen LogP contribution in [-0.2, 0) is 38.7 Å². The molecule has 4 aromatic rings. The van der Waals surface area contributed by atoms with Crippen LogP contribution in [0.1, 0.15) is 43.5 Å². The third-order valence-electron chi connectivity index (χ3n) is 8.96. The summed E-state index contributed by atoms with van der Waals surface area (Å²) in [5, 5.41) is 6.95.